The van der Waals surface area contributed by atoms with E-state index >= 15 is 0 Å². The van der Waals surface area contributed by atoms with Crippen LogP contribution in [-0.4, -0.2) is 17.4 Å². The van der Waals surface area contributed by atoms with E-state index in [0.29, 0.717) is 5.69 Å². The molecule has 2 rings (SSSR count). The molecule has 108 valence electrons. The van der Waals surface area contributed by atoms with Crippen molar-refractivity contribution in [2.45, 2.75) is 0 Å². The van der Waals surface area contributed by atoms with Crippen molar-refractivity contribution in [2.24, 2.45) is 0 Å². The van der Waals surface area contributed by atoms with Gasteiger partial charge in [0.1, 0.15) is 0 Å². The molecular weight excluding hydrogens is 277 g/mol. The van der Waals surface area contributed by atoms with Crippen LogP contribution in [-0.2, 0) is 4.79 Å². The van der Waals surface area contributed by atoms with E-state index in [1.807, 2.05) is 6.07 Å². The number of amides is 1. The first-order chi connectivity index (χ1) is 10.1. The lowest BCUT2D eigenvalue weighted by atomic mass is 10.2. The molecule has 7 heteroatoms. The second kappa shape index (κ2) is 6.47. The molecule has 2 N–H and O–H groups in total. The number of para-hydroxylation sites is 1. The molecule has 0 saturated carbocycles. The van der Waals surface area contributed by atoms with E-state index in [1.54, 1.807) is 24.3 Å². The Hall–Kier alpha value is -2.96. The number of nitrogens with one attached hydrogen (secondary N) is 2. The van der Waals surface area contributed by atoms with Crippen molar-refractivity contribution in [1.82, 2.24) is 0 Å². The number of halogens is 1. The van der Waals surface area contributed by atoms with Gasteiger partial charge in [0, 0.05) is 11.8 Å². The summed E-state index contributed by atoms with van der Waals surface area (Å²) >= 11 is 0. The van der Waals surface area contributed by atoms with Crippen LogP contribution in [0, 0.1) is 15.9 Å². The zero-order chi connectivity index (χ0) is 15.2. The Kier molecular flexibility index (Phi) is 4.45. The van der Waals surface area contributed by atoms with Gasteiger partial charge in [-0.3, -0.25) is 14.9 Å². The van der Waals surface area contributed by atoms with Crippen LogP contribution < -0.4 is 10.6 Å². The standard InChI is InChI=1S/C14H12FN3O3/c15-12-8-11(18(20)21)6-7-13(12)16-9-14(19)17-10-4-2-1-3-5-10/h1-8,16H,9H2,(H,17,19). The molecule has 0 aliphatic carbocycles. The summed E-state index contributed by atoms with van der Waals surface area (Å²) in [6.45, 7) is -0.149. The van der Waals surface area contributed by atoms with E-state index in [9.17, 15) is 19.3 Å². The average Bonchev–Trinajstić information content (AvgIpc) is 2.47. The van der Waals surface area contributed by atoms with Crippen LogP contribution in [0.1, 0.15) is 0 Å². The highest BCUT2D eigenvalue weighted by molar-refractivity contribution is 5.93. The first-order valence-corrected chi connectivity index (χ1v) is 6.09. The monoisotopic (exact) mass is 289 g/mol. The van der Waals surface area contributed by atoms with Crippen molar-refractivity contribution < 1.29 is 14.1 Å². The van der Waals surface area contributed by atoms with Gasteiger partial charge in [0.25, 0.3) is 5.69 Å². The van der Waals surface area contributed by atoms with Crippen molar-refractivity contribution in [1.29, 1.82) is 0 Å². The molecule has 0 aliphatic rings. The lowest BCUT2D eigenvalue weighted by molar-refractivity contribution is -0.385. The summed E-state index contributed by atoms with van der Waals surface area (Å²) in [4.78, 5) is 21.5. The Labute approximate surface area is 119 Å². The fourth-order valence-corrected chi connectivity index (χ4v) is 1.66. The van der Waals surface area contributed by atoms with Crippen LogP contribution in [0.25, 0.3) is 0 Å². The second-order valence-corrected chi connectivity index (χ2v) is 4.19. The molecule has 0 aliphatic heterocycles. The van der Waals surface area contributed by atoms with Gasteiger partial charge < -0.3 is 10.6 Å². The molecule has 0 fully saturated rings. The number of rotatable bonds is 5. The van der Waals surface area contributed by atoms with Gasteiger partial charge in [0.15, 0.2) is 5.82 Å². The third kappa shape index (κ3) is 4.00. The summed E-state index contributed by atoms with van der Waals surface area (Å²) in [6, 6.07) is 12.0. The average molecular weight is 289 g/mol. The zero-order valence-electron chi connectivity index (χ0n) is 10.9. The molecule has 2 aromatic rings. The molecule has 0 bridgehead atoms. The van der Waals surface area contributed by atoms with Crippen molar-refractivity contribution in [3.05, 3.63) is 64.5 Å². The Morgan fingerprint density at radius 3 is 2.52 bits per heavy atom. The number of carbonyl (C=O) groups excluding carboxylic acids is 1. The first-order valence-electron chi connectivity index (χ1n) is 6.09. The molecule has 0 atom stereocenters. The molecule has 0 aromatic heterocycles. The summed E-state index contributed by atoms with van der Waals surface area (Å²) in [7, 11) is 0. The number of anilines is 2. The highest BCUT2D eigenvalue weighted by Crippen LogP contribution is 2.20. The summed E-state index contributed by atoms with van der Waals surface area (Å²) in [6.07, 6.45) is 0. The molecule has 6 nitrogen and oxygen atoms in total. The van der Waals surface area contributed by atoms with Crippen molar-refractivity contribution in [2.75, 3.05) is 17.2 Å². The molecule has 0 radical (unpaired) electrons. The molecule has 2 aromatic carbocycles. The van der Waals surface area contributed by atoms with E-state index in [2.05, 4.69) is 10.6 Å². The number of hydrogen-bond acceptors (Lipinski definition) is 4. The van der Waals surface area contributed by atoms with E-state index in [1.165, 1.54) is 12.1 Å². The molecule has 0 unspecified atom stereocenters. The SMILES string of the molecule is O=C(CNc1ccc([N+](=O)[O-])cc1F)Nc1ccccc1. The Balaban J connectivity index is 1.94. The topological polar surface area (TPSA) is 84.3 Å². The largest absolute Gasteiger partial charge is 0.374 e. The van der Waals surface area contributed by atoms with Crippen LogP contribution in [0.2, 0.25) is 0 Å². The lowest BCUT2D eigenvalue weighted by Gasteiger charge is -2.08. The van der Waals surface area contributed by atoms with Crippen molar-refractivity contribution in [3.63, 3.8) is 0 Å². The van der Waals surface area contributed by atoms with E-state index in [0.717, 1.165) is 6.07 Å². The maximum Gasteiger partial charge on any atom is 0.272 e. The van der Waals surface area contributed by atoms with Gasteiger partial charge in [-0.2, -0.15) is 0 Å². The van der Waals surface area contributed by atoms with Gasteiger partial charge in [-0.15, -0.1) is 0 Å². The third-order valence-electron chi connectivity index (χ3n) is 2.66. The van der Waals surface area contributed by atoms with Gasteiger partial charge >= 0.3 is 0 Å². The predicted octanol–water partition coefficient (Wildman–Crippen LogP) is 2.78. The molecular formula is C14H12FN3O3. The Bertz CT molecular complexity index is 662. The van der Waals surface area contributed by atoms with Gasteiger partial charge in [-0.1, -0.05) is 18.2 Å². The zero-order valence-corrected chi connectivity index (χ0v) is 10.9. The van der Waals surface area contributed by atoms with Crippen molar-refractivity contribution in [3.8, 4) is 0 Å². The number of nitro benzene ring substituents is 1. The smallest absolute Gasteiger partial charge is 0.272 e. The second-order valence-electron chi connectivity index (χ2n) is 4.19. The van der Waals surface area contributed by atoms with Crippen LogP contribution >= 0.6 is 0 Å². The molecule has 0 spiro atoms. The molecule has 21 heavy (non-hydrogen) atoms. The predicted molar refractivity (Wildman–Crippen MR) is 76.6 cm³/mol. The molecule has 0 heterocycles. The first kappa shape index (κ1) is 14.4. The summed E-state index contributed by atoms with van der Waals surface area (Å²) < 4.78 is 13.6. The number of hydrogen-bond donors (Lipinski definition) is 2. The van der Waals surface area contributed by atoms with E-state index in [4.69, 9.17) is 0 Å². The summed E-state index contributed by atoms with van der Waals surface area (Å²) in [5, 5.41) is 15.7. The van der Waals surface area contributed by atoms with E-state index in [-0.39, 0.29) is 23.8 Å². The highest BCUT2D eigenvalue weighted by Gasteiger charge is 2.11. The number of carbonyl (C=O) groups is 1. The van der Waals surface area contributed by atoms with Crippen LogP contribution in [0.5, 0.6) is 0 Å². The highest BCUT2D eigenvalue weighted by atomic mass is 19.1. The maximum absolute atomic E-state index is 13.6. The maximum atomic E-state index is 13.6. The Morgan fingerprint density at radius 2 is 1.90 bits per heavy atom. The fourth-order valence-electron chi connectivity index (χ4n) is 1.66. The van der Waals surface area contributed by atoms with Gasteiger partial charge in [0.05, 0.1) is 23.2 Å². The van der Waals surface area contributed by atoms with Crippen LogP contribution in [0.4, 0.5) is 21.5 Å². The third-order valence-corrected chi connectivity index (χ3v) is 2.66. The summed E-state index contributed by atoms with van der Waals surface area (Å²) in [5.74, 6) is -1.13. The lowest BCUT2D eigenvalue weighted by Crippen LogP contribution is -2.22. The molecule has 0 saturated heterocycles. The summed E-state index contributed by atoms with van der Waals surface area (Å²) in [5.41, 5.74) is 0.323. The van der Waals surface area contributed by atoms with E-state index < -0.39 is 10.7 Å². The van der Waals surface area contributed by atoms with Gasteiger partial charge in [-0.25, -0.2) is 4.39 Å². The number of non-ortho nitro benzene ring substituents is 1. The fraction of sp³-hybridized carbons (Fsp3) is 0.0714. The number of nitro groups is 1. The number of nitrogens with zero attached hydrogens (tertiary/aromatic N) is 1. The quantitative estimate of drug-likeness (QED) is 0.654. The normalized spacial score (nSPS) is 9.95. The minimum absolute atomic E-state index is 0.0313. The minimum atomic E-state index is -0.781. The van der Waals surface area contributed by atoms with Crippen LogP contribution in [0.15, 0.2) is 48.5 Å². The van der Waals surface area contributed by atoms with Gasteiger partial charge in [-0.05, 0) is 18.2 Å². The van der Waals surface area contributed by atoms with Gasteiger partial charge in [0.2, 0.25) is 5.91 Å². The minimum Gasteiger partial charge on any atom is -0.374 e. The molecule has 1 amide bonds. The van der Waals surface area contributed by atoms with Crippen LogP contribution in [0.3, 0.4) is 0 Å². The van der Waals surface area contributed by atoms with Crippen molar-refractivity contribution >= 4 is 23.0 Å². The Morgan fingerprint density at radius 1 is 1.19 bits per heavy atom. The number of benzene rings is 2.